The Morgan fingerprint density at radius 3 is 1.86 bits per heavy atom. The summed E-state index contributed by atoms with van der Waals surface area (Å²) < 4.78 is 12.1. The van der Waals surface area contributed by atoms with Gasteiger partial charge >= 0.3 is 7.48 Å². The van der Waals surface area contributed by atoms with Crippen LogP contribution in [0.4, 0.5) is 0 Å². The summed E-state index contributed by atoms with van der Waals surface area (Å²) in [5.41, 5.74) is 1.23. The van der Waals surface area contributed by atoms with Crippen LogP contribution < -0.4 is 0 Å². The van der Waals surface area contributed by atoms with Crippen LogP contribution in [-0.4, -0.2) is 24.2 Å². The minimum atomic E-state index is -0.493. The first kappa shape index (κ1) is 17.0. The van der Waals surface area contributed by atoms with E-state index in [4.69, 9.17) is 9.39 Å². The molecule has 0 aliphatic heterocycles. The van der Waals surface area contributed by atoms with Gasteiger partial charge in [-0.1, -0.05) is 36.4 Å². The predicted octanol–water partition coefficient (Wildman–Crippen LogP) is 4.67. The van der Waals surface area contributed by atoms with Crippen LogP contribution >= 0.6 is 0 Å². The van der Waals surface area contributed by atoms with Crippen molar-refractivity contribution in [2.24, 2.45) is 0 Å². The molecule has 0 heterocycles. The number of benzene rings is 1. The van der Waals surface area contributed by atoms with Crippen LogP contribution in [0.5, 0.6) is 0 Å². The summed E-state index contributed by atoms with van der Waals surface area (Å²) in [6.45, 7) is 12.2. The third kappa shape index (κ3) is 4.86. The fourth-order valence-corrected chi connectivity index (χ4v) is 2.36. The Morgan fingerprint density at radius 2 is 1.41 bits per heavy atom. The molecule has 0 fully saturated rings. The summed E-state index contributed by atoms with van der Waals surface area (Å²) >= 11 is 0. The van der Waals surface area contributed by atoms with Gasteiger partial charge in [0.15, 0.2) is 0 Å². The number of hydrogen-bond acceptors (Lipinski definition) is 2. The highest BCUT2D eigenvalue weighted by Crippen LogP contribution is 2.29. The van der Waals surface area contributed by atoms with Gasteiger partial charge in [-0.05, 0) is 64.8 Å². The molecule has 1 aliphatic carbocycles. The Bertz CT molecular complexity index is 546. The summed E-state index contributed by atoms with van der Waals surface area (Å²) in [5, 5.41) is 0. The Kier molecular flexibility index (Phi) is 4.69. The summed E-state index contributed by atoms with van der Waals surface area (Å²) in [6.07, 6.45) is 8.44. The monoisotopic (exact) mass is 297 g/mol. The van der Waals surface area contributed by atoms with Crippen molar-refractivity contribution in [3.63, 3.8) is 0 Å². The molecule has 0 atom stereocenters. The number of hydrogen-bond donors (Lipinski definition) is 0. The van der Waals surface area contributed by atoms with E-state index < -0.39 is 11.1 Å². The fraction of sp³-hybridized carbons (Fsp3) is 0.474. The molecule has 3 heteroatoms. The molecule has 0 spiro atoms. The molecule has 1 aliphatic rings. The largest absolute Gasteiger partial charge is 0.433 e. The van der Waals surface area contributed by atoms with Crippen molar-refractivity contribution in [1.82, 2.24) is 0 Å². The van der Waals surface area contributed by atoms with E-state index in [1.165, 1.54) is 11.1 Å². The average Bonchev–Trinajstić information content (AvgIpc) is 2.56. The summed E-state index contributed by atoms with van der Waals surface area (Å²) in [6, 6.07) is 8.33. The Hall–Kier alpha value is -1.32. The van der Waals surface area contributed by atoms with Gasteiger partial charge < -0.3 is 9.39 Å². The second-order valence-corrected chi connectivity index (χ2v) is 7.53. The molecule has 22 heavy (non-hydrogen) atoms. The lowest BCUT2D eigenvalue weighted by molar-refractivity contribution is -0.0456. The normalized spacial score (nSPS) is 17.0. The SMILES string of the molecule is CC(C)(C)O[B]C(C)(C)OC1(C)C=Cc2ccccc2C=C1. The molecule has 1 aromatic rings. The molecule has 0 saturated carbocycles. The van der Waals surface area contributed by atoms with Crippen LogP contribution in [-0.2, 0) is 9.39 Å². The first-order chi connectivity index (χ1) is 10.1. The zero-order valence-electron chi connectivity index (χ0n) is 14.5. The molecule has 2 nitrogen and oxygen atoms in total. The lowest BCUT2D eigenvalue weighted by Gasteiger charge is -2.35. The number of fused-ring (bicyclic) bond motifs is 1. The van der Waals surface area contributed by atoms with Crippen molar-refractivity contribution < 1.29 is 9.39 Å². The second-order valence-electron chi connectivity index (χ2n) is 7.53. The summed E-state index contributed by atoms with van der Waals surface area (Å²) in [7, 11) is 1.79. The van der Waals surface area contributed by atoms with Crippen molar-refractivity contribution in [3.05, 3.63) is 47.5 Å². The molecule has 1 aromatic carbocycles. The maximum atomic E-state index is 6.32. The molecule has 0 N–H and O–H groups in total. The molecular formula is C19H26BO2. The van der Waals surface area contributed by atoms with Gasteiger partial charge in [0.25, 0.3) is 0 Å². The van der Waals surface area contributed by atoms with E-state index in [0.717, 1.165) is 0 Å². The first-order valence-electron chi connectivity index (χ1n) is 7.79. The zero-order chi connectivity index (χ0) is 16.4. The van der Waals surface area contributed by atoms with Gasteiger partial charge in [0.1, 0.15) is 5.60 Å². The maximum Gasteiger partial charge on any atom is 0.328 e. The molecule has 117 valence electrons. The third-order valence-corrected chi connectivity index (χ3v) is 3.36. The lowest BCUT2D eigenvalue weighted by Crippen LogP contribution is -2.44. The topological polar surface area (TPSA) is 18.5 Å². The molecule has 2 rings (SSSR count). The van der Waals surface area contributed by atoms with Gasteiger partial charge in [-0.25, -0.2) is 0 Å². The van der Waals surface area contributed by atoms with Crippen LogP contribution in [0, 0.1) is 0 Å². The molecule has 0 saturated heterocycles. The molecule has 0 aromatic heterocycles. The Morgan fingerprint density at radius 1 is 0.909 bits per heavy atom. The van der Waals surface area contributed by atoms with E-state index in [9.17, 15) is 0 Å². The van der Waals surface area contributed by atoms with E-state index in [1.54, 1.807) is 7.48 Å². The number of ether oxygens (including phenoxy) is 1. The maximum absolute atomic E-state index is 6.32. The smallest absolute Gasteiger partial charge is 0.328 e. The molecule has 0 unspecified atom stereocenters. The van der Waals surface area contributed by atoms with E-state index in [2.05, 4.69) is 55.5 Å². The summed E-state index contributed by atoms with van der Waals surface area (Å²) in [5.74, 6) is 0. The highest BCUT2D eigenvalue weighted by Gasteiger charge is 2.33. The van der Waals surface area contributed by atoms with Gasteiger partial charge in [-0.2, -0.15) is 0 Å². The van der Waals surface area contributed by atoms with Crippen LogP contribution in [0.25, 0.3) is 12.2 Å². The Balaban J connectivity index is 2.12. The quantitative estimate of drug-likeness (QED) is 0.752. The standard InChI is InChI=1S/C19H26BO2/c1-17(2,3)22-20-18(4,5)21-19(6)13-11-15-9-7-8-10-16(15)12-14-19/h7-14H,1-6H3. The minimum Gasteiger partial charge on any atom is -0.433 e. The van der Waals surface area contributed by atoms with Crippen molar-refractivity contribution in [2.45, 2.75) is 58.2 Å². The van der Waals surface area contributed by atoms with Gasteiger partial charge in [-0.15, -0.1) is 0 Å². The highest BCUT2D eigenvalue weighted by atomic mass is 16.5. The van der Waals surface area contributed by atoms with Crippen molar-refractivity contribution in [3.8, 4) is 0 Å². The molecule has 1 radical (unpaired) electrons. The van der Waals surface area contributed by atoms with Gasteiger partial charge in [0, 0.05) is 5.60 Å². The minimum absolute atomic E-state index is 0.215. The molecule has 0 bridgehead atoms. The van der Waals surface area contributed by atoms with Gasteiger partial charge in [0.05, 0.1) is 5.50 Å². The van der Waals surface area contributed by atoms with E-state index in [-0.39, 0.29) is 5.60 Å². The van der Waals surface area contributed by atoms with Crippen LogP contribution in [0.3, 0.4) is 0 Å². The van der Waals surface area contributed by atoms with E-state index >= 15 is 0 Å². The van der Waals surface area contributed by atoms with Gasteiger partial charge in [0.2, 0.25) is 0 Å². The second kappa shape index (κ2) is 6.06. The Labute approximate surface area is 135 Å². The van der Waals surface area contributed by atoms with Crippen molar-refractivity contribution >= 4 is 19.6 Å². The molecule has 0 amide bonds. The van der Waals surface area contributed by atoms with Crippen molar-refractivity contribution in [1.29, 1.82) is 0 Å². The predicted molar refractivity (Wildman–Crippen MR) is 94.7 cm³/mol. The number of rotatable bonds is 4. The molecular weight excluding hydrogens is 271 g/mol. The highest BCUT2D eigenvalue weighted by molar-refractivity contribution is 6.31. The lowest BCUT2D eigenvalue weighted by atomic mass is 9.76. The average molecular weight is 297 g/mol. The fourth-order valence-electron chi connectivity index (χ4n) is 2.36. The zero-order valence-corrected chi connectivity index (χ0v) is 14.5. The first-order valence-corrected chi connectivity index (χ1v) is 7.79. The van der Waals surface area contributed by atoms with E-state index in [1.807, 2.05) is 34.6 Å². The van der Waals surface area contributed by atoms with E-state index in [0.29, 0.717) is 0 Å². The van der Waals surface area contributed by atoms with Crippen LogP contribution in [0.1, 0.15) is 52.7 Å². The van der Waals surface area contributed by atoms with Crippen molar-refractivity contribution in [2.75, 3.05) is 0 Å². The van der Waals surface area contributed by atoms with Crippen LogP contribution in [0.15, 0.2) is 36.4 Å². The third-order valence-electron chi connectivity index (χ3n) is 3.36. The summed E-state index contributed by atoms with van der Waals surface area (Å²) in [4.78, 5) is 0. The van der Waals surface area contributed by atoms with Crippen LogP contribution in [0.2, 0.25) is 0 Å². The van der Waals surface area contributed by atoms with Gasteiger partial charge in [-0.3, -0.25) is 0 Å².